The number of nitrogens with one attached hydrogen (secondary N) is 3. The lowest BCUT2D eigenvalue weighted by molar-refractivity contribution is -0.384. The lowest BCUT2D eigenvalue weighted by Crippen LogP contribution is -2.48. The fourth-order valence-electron chi connectivity index (χ4n) is 1.59. The van der Waals surface area contributed by atoms with Crippen molar-refractivity contribution >= 4 is 40.8 Å². The minimum Gasteiger partial charge on any atom is -0.466 e. The van der Waals surface area contributed by atoms with Gasteiger partial charge in [0.1, 0.15) is 0 Å². The summed E-state index contributed by atoms with van der Waals surface area (Å²) in [6.45, 7) is 1.89. The van der Waals surface area contributed by atoms with Gasteiger partial charge in [-0.1, -0.05) is 0 Å². The monoisotopic (exact) mass is 368 g/mol. The molecule has 1 aromatic rings. The molecule has 0 aliphatic carbocycles. The highest BCUT2D eigenvalue weighted by molar-refractivity contribution is 7.80. The first-order valence-electron chi connectivity index (χ1n) is 7.13. The molecular formula is C14H16N4O6S. The highest BCUT2D eigenvalue weighted by Gasteiger charge is 2.11. The van der Waals surface area contributed by atoms with Gasteiger partial charge in [-0.2, -0.15) is 0 Å². The summed E-state index contributed by atoms with van der Waals surface area (Å²) >= 11 is 4.82. The standard InChI is InChI=1S/C14H16N4O6S/c1-2-24-12(20)8-7-11(19)15-14(25)17-16-13(21)9-3-5-10(6-4-9)18(22)23/h3-6H,2,7-8H2,1H3,(H,16,21)(H2,15,17,19,25). The Kier molecular flexibility index (Phi) is 7.93. The summed E-state index contributed by atoms with van der Waals surface area (Å²) in [7, 11) is 0. The van der Waals surface area contributed by atoms with Crippen molar-refractivity contribution in [2.45, 2.75) is 19.8 Å². The van der Waals surface area contributed by atoms with Crippen molar-refractivity contribution in [1.82, 2.24) is 16.2 Å². The van der Waals surface area contributed by atoms with Crippen LogP contribution in [0.1, 0.15) is 30.1 Å². The Morgan fingerprint density at radius 2 is 1.80 bits per heavy atom. The summed E-state index contributed by atoms with van der Waals surface area (Å²) in [6, 6.07) is 4.92. The van der Waals surface area contributed by atoms with E-state index in [0.717, 1.165) is 0 Å². The number of amides is 2. The fourth-order valence-corrected chi connectivity index (χ4v) is 1.75. The van der Waals surface area contributed by atoms with Crippen LogP contribution in [0.5, 0.6) is 0 Å². The summed E-state index contributed by atoms with van der Waals surface area (Å²) in [4.78, 5) is 44.5. The van der Waals surface area contributed by atoms with Gasteiger partial charge >= 0.3 is 5.97 Å². The maximum absolute atomic E-state index is 11.8. The van der Waals surface area contributed by atoms with E-state index in [1.54, 1.807) is 6.92 Å². The number of nitro groups is 1. The van der Waals surface area contributed by atoms with Crippen molar-refractivity contribution in [3.05, 3.63) is 39.9 Å². The Morgan fingerprint density at radius 1 is 1.16 bits per heavy atom. The molecule has 2 amide bonds. The first-order chi connectivity index (χ1) is 11.8. The lowest BCUT2D eigenvalue weighted by Gasteiger charge is -2.10. The summed E-state index contributed by atoms with van der Waals surface area (Å²) in [6.07, 6.45) is -0.200. The third kappa shape index (κ3) is 7.35. The van der Waals surface area contributed by atoms with Crippen LogP contribution in [-0.4, -0.2) is 34.4 Å². The summed E-state index contributed by atoms with van der Waals surface area (Å²) < 4.78 is 4.68. The van der Waals surface area contributed by atoms with Crippen LogP contribution in [0.25, 0.3) is 0 Å². The van der Waals surface area contributed by atoms with E-state index in [2.05, 4.69) is 20.9 Å². The van der Waals surface area contributed by atoms with Crippen LogP contribution < -0.4 is 16.2 Å². The van der Waals surface area contributed by atoms with E-state index < -0.39 is 22.7 Å². The number of non-ortho nitro benzene ring substituents is 1. The second kappa shape index (κ2) is 9.93. The first-order valence-corrected chi connectivity index (χ1v) is 7.54. The molecule has 0 fully saturated rings. The number of carbonyl (C=O) groups is 3. The number of esters is 1. The normalized spacial score (nSPS) is 9.64. The summed E-state index contributed by atoms with van der Waals surface area (Å²) in [5, 5.41) is 12.7. The molecule has 0 atom stereocenters. The average Bonchev–Trinajstić information content (AvgIpc) is 2.58. The Labute approximate surface area is 148 Å². The molecule has 0 unspecified atom stereocenters. The Hall–Kier alpha value is -3.08. The molecule has 10 nitrogen and oxygen atoms in total. The van der Waals surface area contributed by atoms with Crippen molar-refractivity contribution < 1.29 is 24.0 Å². The van der Waals surface area contributed by atoms with Gasteiger partial charge in [-0.05, 0) is 31.3 Å². The maximum Gasteiger partial charge on any atom is 0.306 e. The molecule has 0 aliphatic rings. The molecule has 134 valence electrons. The second-order valence-electron chi connectivity index (χ2n) is 4.57. The van der Waals surface area contributed by atoms with Crippen molar-refractivity contribution in [3.8, 4) is 0 Å². The minimum absolute atomic E-state index is 0.0859. The fraction of sp³-hybridized carbons (Fsp3) is 0.286. The maximum atomic E-state index is 11.8. The van der Waals surface area contributed by atoms with Crippen LogP contribution in [0.2, 0.25) is 0 Å². The molecule has 0 spiro atoms. The molecule has 0 aliphatic heterocycles. The zero-order valence-corrected chi connectivity index (χ0v) is 14.1. The average molecular weight is 368 g/mol. The number of hydrogen-bond acceptors (Lipinski definition) is 7. The number of carbonyl (C=O) groups excluding carboxylic acids is 3. The Balaban J connectivity index is 2.37. The van der Waals surface area contributed by atoms with E-state index in [1.165, 1.54) is 24.3 Å². The number of hydrazine groups is 1. The highest BCUT2D eigenvalue weighted by Crippen LogP contribution is 2.11. The molecule has 0 saturated carbocycles. The number of benzene rings is 1. The zero-order valence-electron chi connectivity index (χ0n) is 13.2. The van der Waals surface area contributed by atoms with Crippen molar-refractivity contribution in [1.29, 1.82) is 0 Å². The second-order valence-corrected chi connectivity index (χ2v) is 4.97. The Morgan fingerprint density at radius 3 is 2.36 bits per heavy atom. The van der Waals surface area contributed by atoms with Crippen LogP contribution in [0, 0.1) is 10.1 Å². The summed E-state index contributed by atoms with van der Waals surface area (Å²) in [5.41, 5.74) is 4.56. The zero-order chi connectivity index (χ0) is 18.8. The summed E-state index contributed by atoms with van der Waals surface area (Å²) in [5.74, 6) is -1.61. The highest BCUT2D eigenvalue weighted by atomic mass is 32.1. The quantitative estimate of drug-likeness (QED) is 0.287. The van der Waals surface area contributed by atoms with Gasteiger partial charge in [0.05, 0.1) is 18.0 Å². The molecule has 0 radical (unpaired) electrons. The minimum atomic E-state index is -0.599. The van der Waals surface area contributed by atoms with Gasteiger partial charge in [-0.25, -0.2) is 0 Å². The molecule has 0 saturated heterocycles. The lowest BCUT2D eigenvalue weighted by atomic mass is 10.2. The van der Waals surface area contributed by atoms with Gasteiger partial charge in [-0.3, -0.25) is 35.3 Å². The van der Waals surface area contributed by atoms with Gasteiger partial charge in [0.2, 0.25) is 5.91 Å². The van der Waals surface area contributed by atoms with E-state index >= 15 is 0 Å². The van der Waals surface area contributed by atoms with E-state index in [0.29, 0.717) is 0 Å². The number of nitro benzene ring substituents is 1. The number of rotatable bonds is 6. The van der Waals surface area contributed by atoms with Gasteiger partial charge < -0.3 is 10.1 Å². The molecule has 25 heavy (non-hydrogen) atoms. The first kappa shape index (κ1) is 20.0. The molecule has 3 N–H and O–H groups in total. The number of nitrogens with zero attached hydrogens (tertiary/aromatic N) is 1. The van der Waals surface area contributed by atoms with Gasteiger partial charge in [0.25, 0.3) is 11.6 Å². The van der Waals surface area contributed by atoms with Crippen LogP contribution in [-0.2, 0) is 14.3 Å². The smallest absolute Gasteiger partial charge is 0.306 e. The third-order valence-corrected chi connectivity index (χ3v) is 2.95. The predicted octanol–water partition coefficient (Wildman–Crippen LogP) is 0.574. The molecule has 0 aromatic heterocycles. The third-order valence-electron chi connectivity index (χ3n) is 2.74. The molecule has 11 heteroatoms. The van der Waals surface area contributed by atoms with Gasteiger partial charge in [-0.15, -0.1) is 0 Å². The Bertz CT molecular complexity index is 676. The number of ether oxygens (including phenoxy) is 1. The van der Waals surface area contributed by atoms with Crippen LogP contribution in [0.15, 0.2) is 24.3 Å². The van der Waals surface area contributed by atoms with Gasteiger partial charge in [0.15, 0.2) is 5.11 Å². The SMILES string of the molecule is CCOC(=O)CCC(=O)NC(=S)NNC(=O)c1ccc([N+](=O)[O-])cc1. The van der Waals surface area contributed by atoms with E-state index in [9.17, 15) is 24.5 Å². The number of hydrogen-bond donors (Lipinski definition) is 3. The van der Waals surface area contributed by atoms with E-state index in [1.807, 2.05) is 0 Å². The predicted molar refractivity (Wildman–Crippen MR) is 90.3 cm³/mol. The van der Waals surface area contributed by atoms with Crippen LogP contribution in [0.4, 0.5) is 5.69 Å². The largest absolute Gasteiger partial charge is 0.466 e. The molecule has 0 heterocycles. The van der Waals surface area contributed by atoms with Gasteiger partial charge in [0, 0.05) is 24.1 Å². The van der Waals surface area contributed by atoms with Crippen molar-refractivity contribution in [2.24, 2.45) is 0 Å². The van der Waals surface area contributed by atoms with Crippen molar-refractivity contribution in [3.63, 3.8) is 0 Å². The number of thiocarbonyl (C=S) groups is 1. The molecule has 0 bridgehead atoms. The topological polar surface area (TPSA) is 140 Å². The van der Waals surface area contributed by atoms with Crippen LogP contribution in [0.3, 0.4) is 0 Å². The van der Waals surface area contributed by atoms with E-state index in [-0.39, 0.29) is 35.8 Å². The van der Waals surface area contributed by atoms with Crippen molar-refractivity contribution in [2.75, 3.05) is 6.61 Å². The van der Waals surface area contributed by atoms with Crippen LogP contribution >= 0.6 is 12.2 Å². The molecule has 1 aromatic carbocycles. The molecule has 1 rings (SSSR count). The van der Waals surface area contributed by atoms with E-state index in [4.69, 9.17) is 12.2 Å². The molecular weight excluding hydrogens is 352 g/mol.